The predicted octanol–water partition coefficient (Wildman–Crippen LogP) is 4.71. The summed E-state index contributed by atoms with van der Waals surface area (Å²) in [6.45, 7) is 0.826. The van der Waals surface area contributed by atoms with Crippen LogP contribution in [0.15, 0.2) is 48.8 Å². The average molecular weight is 360 g/mol. The second kappa shape index (κ2) is 7.21. The molecule has 0 atom stereocenters. The summed E-state index contributed by atoms with van der Waals surface area (Å²) in [5, 5.41) is 2.97. The molecule has 2 aromatic heterocycles. The van der Waals surface area contributed by atoms with Crippen molar-refractivity contribution in [1.29, 1.82) is 0 Å². The lowest BCUT2D eigenvalue weighted by Crippen LogP contribution is -2.13. The van der Waals surface area contributed by atoms with Crippen molar-refractivity contribution >= 4 is 34.5 Å². The van der Waals surface area contributed by atoms with Crippen molar-refractivity contribution in [3.8, 4) is 10.4 Å². The van der Waals surface area contributed by atoms with E-state index in [4.69, 9.17) is 11.6 Å². The van der Waals surface area contributed by atoms with E-state index in [0.717, 1.165) is 28.2 Å². The molecule has 124 valence electrons. The van der Waals surface area contributed by atoms with Gasteiger partial charge in [-0.05, 0) is 43.9 Å². The van der Waals surface area contributed by atoms with Gasteiger partial charge >= 0.3 is 0 Å². The maximum Gasteiger partial charge on any atom is 0.257 e. The maximum atomic E-state index is 12.6. The summed E-state index contributed by atoms with van der Waals surface area (Å²) in [5.41, 5.74) is 3.40. The highest BCUT2D eigenvalue weighted by atomic mass is 35.5. The lowest BCUT2D eigenvalue weighted by Gasteiger charge is -2.11. The summed E-state index contributed by atoms with van der Waals surface area (Å²) in [4.78, 5) is 18.7. The summed E-state index contributed by atoms with van der Waals surface area (Å²) < 4.78 is 0.703. The van der Waals surface area contributed by atoms with Gasteiger partial charge in [-0.1, -0.05) is 23.7 Å². The Kier molecular flexibility index (Phi) is 5.04. The molecule has 0 spiro atoms. The summed E-state index contributed by atoms with van der Waals surface area (Å²) in [6, 6.07) is 11.6. The van der Waals surface area contributed by atoms with Crippen molar-refractivity contribution in [3.63, 3.8) is 0 Å². The number of benzene rings is 1. The number of amides is 1. The number of anilines is 1. The topological polar surface area (TPSA) is 48.1 Å². The normalized spacial score (nSPS) is 11.0. The van der Waals surface area contributed by atoms with Crippen LogP contribution >= 0.6 is 22.9 Å². The molecule has 0 fully saturated rings. The van der Waals surface area contributed by atoms with Gasteiger partial charge in [0, 0.05) is 35.1 Å². The van der Waals surface area contributed by atoms with Crippen molar-refractivity contribution in [3.05, 3.63) is 64.3 Å². The molecule has 0 unspecified atom stereocenters. The fourth-order valence-electron chi connectivity index (χ4n) is 2.53. The van der Waals surface area contributed by atoms with E-state index in [1.807, 2.05) is 56.7 Å². The zero-order valence-electron chi connectivity index (χ0n) is 13.5. The zero-order chi connectivity index (χ0) is 17.1. The molecular weight excluding hydrogens is 342 g/mol. The molecule has 1 aromatic carbocycles. The molecule has 24 heavy (non-hydrogen) atoms. The molecule has 0 radical (unpaired) electrons. The van der Waals surface area contributed by atoms with Crippen LogP contribution in [-0.4, -0.2) is 29.9 Å². The first-order chi connectivity index (χ1) is 11.5. The first kappa shape index (κ1) is 16.8. The van der Waals surface area contributed by atoms with Crippen LogP contribution in [0.25, 0.3) is 10.4 Å². The van der Waals surface area contributed by atoms with E-state index < -0.39 is 0 Å². The molecule has 6 heteroatoms. The number of hydrogen-bond donors (Lipinski definition) is 2. The summed E-state index contributed by atoms with van der Waals surface area (Å²) >= 11 is 7.45. The van der Waals surface area contributed by atoms with Gasteiger partial charge in [0.25, 0.3) is 5.91 Å². The van der Waals surface area contributed by atoms with Crippen LogP contribution in [0.1, 0.15) is 15.9 Å². The number of nitrogens with one attached hydrogen (secondary N) is 2. The quantitative estimate of drug-likeness (QED) is 0.693. The van der Waals surface area contributed by atoms with Crippen LogP contribution in [0.2, 0.25) is 4.34 Å². The van der Waals surface area contributed by atoms with Crippen LogP contribution in [0.3, 0.4) is 0 Å². The summed E-state index contributed by atoms with van der Waals surface area (Å²) in [6.07, 6.45) is 3.53. The molecule has 2 heterocycles. The van der Waals surface area contributed by atoms with Gasteiger partial charge in [-0.3, -0.25) is 4.79 Å². The van der Waals surface area contributed by atoms with Crippen molar-refractivity contribution in [2.45, 2.75) is 6.54 Å². The molecule has 0 bridgehead atoms. The first-order valence-corrected chi connectivity index (χ1v) is 8.70. The van der Waals surface area contributed by atoms with Crippen molar-refractivity contribution < 1.29 is 4.79 Å². The number of halogens is 1. The highest BCUT2D eigenvalue weighted by Crippen LogP contribution is 2.33. The van der Waals surface area contributed by atoms with Gasteiger partial charge in [0.1, 0.15) is 0 Å². The number of thiophene rings is 1. The standard InChI is InChI=1S/C18H18ClN3OS/c1-22(2)11-12-4-3-5-13(8-12)21-18(23)15-10-20-9-14(15)16-6-7-17(19)24-16/h3-10,20H,11H2,1-2H3,(H,21,23). The molecule has 0 saturated heterocycles. The molecule has 4 nitrogen and oxygen atoms in total. The zero-order valence-corrected chi connectivity index (χ0v) is 15.0. The summed E-state index contributed by atoms with van der Waals surface area (Å²) in [7, 11) is 4.03. The van der Waals surface area contributed by atoms with E-state index >= 15 is 0 Å². The van der Waals surface area contributed by atoms with Gasteiger partial charge < -0.3 is 15.2 Å². The fourth-order valence-corrected chi connectivity index (χ4v) is 3.60. The second-order valence-electron chi connectivity index (χ2n) is 5.78. The SMILES string of the molecule is CN(C)Cc1cccc(NC(=O)c2c[nH]cc2-c2ccc(Cl)s2)c1. The van der Waals surface area contributed by atoms with Crippen molar-refractivity contribution in [2.24, 2.45) is 0 Å². The Morgan fingerprint density at radius 3 is 2.79 bits per heavy atom. The molecule has 0 saturated carbocycles. The number of H-pyrrole nitrogens is 1. The van der Waals surface area contributed by atoms with Crippen LogP contribution in [-0.2, 0) is 6.54 Å². The van der Waals surface area contributed by atoms with Gasteiger partial charge in [-0.2, -0.15) is 0 Å². The van der Waals surface area contributed by atoms with Crippen LogP contribution < -0.4 is 5.32 Å². The van der Waals surface area contributed by atoms with Crippen LogP contribution in [0.5, 0.6) is 0 Å². The van der Waals surface area contributed by atoms with Crippen molar-refractivity contribution in [1.82, 2.24) is 9.88 Å². The minimum Gasteiger partial charge on any atom is -0.366 e. The highest BCUT2D eigenvalue weighted by Gasteiger charge is 2.15. The molecule has 3 rings (SSSR count). The number of nitrogens with zero attached hydrogens (tertiary/aromatic N) is 1. The van der Waals surface area contributed by atoms with E-state index in [9.17, 15) is 4.79 Å². The molecule has 0 aliphatic rings. The smallest absolute Gasteiger partial charge is 0.257 e. The number of carbonyl (C=O) groups excluding carboxylic acids is 1. The Labute approximate surface area is 150 Å². The Morgan fingerprint density at radius 2 is 2.08 bits per heavy atom. The Morgan fingerprint density at radius 1 is 1.25 bits per heavy atom. The van der Waals surface area contributed by atoms with E-state index in [0.29, 0.717) is 9.90 Å². The highest BCUT2D eigenvalue weighted by molar-refractivity contribution is 7.19. The number of rotatable bonds is 5. The van der Waals surface area contributed by atoms with Gasteiger partial charge in [0.15, 0.2) is 0 Å². The Bertz CT molecular complexity index is 853. The van der Waals surface area contributed by atoms with E-state index in [2.05, 4.69) is 15.2 Å². The van der Waals surface area contributed by atoms with E-state index in [1.165, 1.54) is 11.3 Å². The minimum atomic E-state index is -0.141. The second-order valence-corrected chi connectivity index (χ2v) is 7.49. The third-order valence-electron chi connectivity index (χ3n) is 3.51. The first-order valence-electron chi connectivity index (χ1n) is 7.50. The predicted molar refractivity (Wildman–Crippen MR) is 101 cm³/mol. The largest absolute Gasteiger partial charge is 0.366 e. The third-order valence-corrected chi connectivity index (χ3v) is 4.78. The third kappa shape index (κ3) is 3.87. The average Bonchev–Trinajstić information content (AvgIpc) is 3.15. The van der Waals surface area contributed by atoms with Crippen LogP contribution in [0.4, 0.5) is 5.69 Å². The van der Waals surface area contributed by atoms with Crippen LogP contribution in [0, 0.1) is 0 Å². The van der Waals surface area contributed by atoms with Crippen molar-refractivity contribution in [2.75, 3.05) is 19.4 Å². The van der Waals surface area contributed by atoms with E-state index in [1.54, 1.807) is 6.20 Å². The van der Waals surface area contributed by atoms with Gasteiger partial charge in [-0.25, -0.2) is 0 Å². The van der Waals surface area contributed by atoms with E-state index in [-0.39, 0.29) is 5.91 Å². The number of hydrogen-bond acceptors (Lipinski definition) is 3. The maximum absolute atomic E-state index is 12.6. The Hall–Kier alpha value is -2.08. The molecular formula is C18H18ClN3OS. The number of aromatic amines is 1. The molecule has 3 aromatic rings. The Balaban J connectivity index is 1.80. The molecule has 2 N–H and O–H groups in total. The minimum absolute atomic E-state index is 0.141. The molecule has 1 amide bonds. The summed E-state index contributed by atoms with van der Waals surface area (Å²) in [5.74, 6) is -0.141. The number of aromatic nitrogens is 1. The van der Waals surface area contributed by atoms with Gasteiger partial charge in [-0.15, -0.1) is 11.3 Å². The lowest BCUT2D eigenvalue weighted by atomic mass is 10.1. The van der Waals surface area contributed by atoms with Gasteiger partial charge in [0.2, 0.25) is 0 Å². The molecule has 0 aliphatic carbocycles. The number of carbonyl (C=O) groups is 1. The molecule has 0 aliphatic heterocycles. The van der Waals surface area contributed by atoms with Gasteiger partial charge in [0.05, 0.1) is 9.90 Å². The monoisotopic (exact) mass is 359 g/mol. The lowest BCUT2D eigenvalue weighted by molar-refractivity contribution is 0.102. The fraction of sp³-hybridized carbons (Fsp3) is 0.167.